The van der Waals surface area contributed by atoms with Crippen molar-refractivity contribution in [2.75, 3.05) is 26.2 Å². The maximum atomic E-state index is 12.6. The van der Waals surface area contributed by atoms with Gasteiger partial charge in [0, 0.05) is 31.6 Å². The van der Waals surface area contributed by atoms with Gasteiger partial charge in [-0.25, -0.2) is 0 Å². The molecule has 6 heteroatoms. The maximum absolute atomic E-state index is 12.6. The van der Waals surface area contributed by atoms with Crippen LogP contribution in [0.5, 0.6) is 5.75 Å². The van der Waals surface area contributed by atoms with Crippen molar-refractivity contribution < 1.29 is 14.3 Å². The van der Waals surface area contributed by atoms with Crippen molar-refractivity contribution in [3.63, 3.8) is 0 Å². The Bertz CT molecular complexity index is 559. The van der Waals surface area contributed by atoms with Crippen LogP contribution in [-0.2, 0) is 4.79 Å². The fraction of sp³-hybridized carbons (Fsp3) is 0.556. The van der Waals surface area contributed by atoms with Crippen molar-refractivity contribution in [1.82, 2.24) is 10.2 Å². The monoisotopic (exact) mass is 333 g/mol. The minimum absolute atomic E-state index is 0.0221. The van der Waals surface area contributed by atoms with Crippen LogP contribution in [0, 0.1) is 5.92 Å². The van der Waals surface area contributed by atoms with Gasteiger partial charge >= 0.3 is 0 Å². The molecule has 0 unspecified atom stereocenters. The van der Waals surface area contributed by atoms with Crippen LogP contribution in [0.1, 0.15) is 37.0 Å². The summed E-state index contributed by atoms with van der Waals surface area (Å²) in [7, 11) is 0. The smallest absolute Gasteiger partial charge is 0.253 e. The van der Waals surface area contributed by atoms with Crippen LogP contribution in [0.3, 0.4) is 0 Å². The molecule has 0 aromatic heterocycles. The van der Waals surface area contributed by atoms with E-state index in [2.05, 4.69) is 12.2 Å². The van der Waals surface area contributed by atoms with Crippen molar-refractivity contribution >= 4 is 11.8 Å². The summed E-state index contributed by atoms with van der Waals surface area (Å²) in [6.45, 7) is 5.83. The van der Waals surface area contributed by atoms with Gasteiger partial charge in [-0.15, -0.1) is 0 Å². The van der Waals surface area contributed by atoms with E-state index >= 15 is 0 Å². The summed E-state index contributed by atoms with van der Waals surface area (Å²) in [5, 5.41) is 2.66. The van der Waals surface area contributed by atoms with E-state index in [1.807, 2.05) is 4.90 Å². The quantitative estimate of drug-likeness (QED) is 0.739. The summed E-state index contributed by atoms with van der Waals surface area (Å²) in [6, 6.07) is 7.18. The first kappa shape index (κ1) is 18.3. The van der Waals surface area contributed by atoms with Crippen LogP contribution >= 0.6 is 0 Å². The third-order valence-electron chi connectivity index (χ3n) is 4.28. The third-order valence-corrected chi connectivity index (χ3v) is 4.28. The van der Waals surface area contributed by atoms with Gasteiger partial charge in [0.1, 0.15) is 12.4 Å². The molecule has 6 nitrogen and oxygen atoms in total. The zero-order valence-corrected chi connectivity index (χ0v) is 14.5. The second-order valence-electron chi connectivity index (χ2n) is 6.28. The second-order valence-corrected chi connectivity index (χ2v) is 6.28. The number of nitrogens with zero attached hydrogens (tertiary/aromatic N) is 1. The van der Waals surface area contributed by atoms with E-state index in [9.17, 15) is 9.59 Å². The van der Waals surface area contributed by atoms with Crippen molar-refractivity contribution in [1.29, 1.82) is 0 Å². The van der Waals surface area contributed by atoms with Gasteiger partial charge in [-0.1, -0.05) is 13.3 Å². The van der Waals surface area contributed by atoms with Gasteiger partial charge in [-0.2, -0.15) is 0 Å². The molecule has 132 valence electrons. The second kappa shape index (κ2) is 8.68. The van der Waals surface area contributed by atoms with Crippen molar-refractivity contribution in [3.8, 4) is 5.75 Å². The van der Waals surface area contributed by atoms with E-state index in [1.165, 1.54) is 6.92 Å². The molecule has 24 heavy (non-hydrogen) atoms. The predicted octanol–water partition coefficient (Wildman–Crippen LogP) is 1.40. The number of benzene rings is 1. The summed E-state index contributed by atoms with van der Waals surface area (Å²) in [4.78, 5) is 25.2. The molecule has 1 aromatic rings. The molecule has 2 atom stereocenters. The van der Waals surface area contributed by atoms with Gasteiger partial charge in [-0.05, 0) is 36.6 Å². The molecule has 0 saturated carbocycles. The van der Waals surface area contributed by atoms with Gasteiger partial charge in [0.2, 0.25) is 5.91 Å². The molecular weight excluding hydrogens is 306 g/mol. The Labute approximate surface area is 143 Å². The van der Waals surface area contributed by atoms with Crippen LogP contribution < -0.4 is 15.8 Å². The number of carbonyl (C=O) groups is 2. The number of amides is 2. The number of nitrogens with two attached hydrogens (primary N) is 1. The topological polar surface area (TPSA) is 84.7 Å². The standard InChI is InChI=1S/C18H27N3O3/c1-3-4-15-11-21(12-17(15)19)18(23)14-5-7-16(8-6-14)24-10-9-20-13(2)22/h5-8,15,17H,3-4,9-12,19H2,1-2H3,(H,20,22)/t15-,17-/m0/s1. The summed E-state index contributed by atoms with van der Waals surface area (Å²) in [6.07, 6.45) is 2.15. The number of carbonyl (C=O) groups excluding carboxylic acids is 2. The summed E-state index contributed by atoms with van der Waals surface area (Å²) < 4.78 is 5.52. The Morgan fingerprint density at radius 3 is 2.62 bits per heavy atom. The highest BCUT2D eigenvalue weighted by atomic mass is 16.5. The average Bonchev–Trinajstić information content (AvgIpc) is 2.93. The molecule has 2 amide bonds. The fourth-order valence-corrected chi connectivity index (χ4v) is 3.01. The highest BCUT2D eigenvalue weighted by Gasteiger charge is 2.32. The maximum Gasteiger partial charge on any atom is 0.253 e. The van der Waals surface area contributed by atoms with Crippen molar-refractivity contribution in [2.24, 2.45) is 11.7 Å². The first-order valence-corrected chi connectivity index (χ1v) is 8.53. The van der Waals surface area contributed by atoms with E-state index in [4.69, 9.17) is 10.5 Å². The Morgan fingerprint density at radius 1 is 1.29 bits per heavy atom. The zero-order valence-electron chi connectivity index (χ0n) is 14.5. The Balaban J connectivity index is 1.86. The minimum atomic E-state index is -0.0789. The first-order valence-electron chi connectivity index (χ1n) is 8.53. The van der Waals surface area contributed by atoms with Crippen LogP contribution in [0.25, 0.3) is 0 Å². The van der Waals surface area contributed by atoms with Gasteiger partial charge < -0.3 is 20.7 Å². The SMILES string of the molecule is CCC[C@H]1CN(C(=O)c2ccc(OCCNC(C)=O)cc2)C[C@@H]1N. The number of ether oxygens (including phenoxy) is 1. The molecule has 0 aliphatic carbocycles. The highest BCUT2D eigenvalue weighted by molar-refractivity contribution is 5.94. The molecule has 0 radical (unpaired) electrons. The lowest BCUT2D eigenvalue weighted by atomic mass is 9.99. The van der Waals surface area contributed by atoms with Gasteiger partial charge in [0.25, 0.3) is 5.91 Å². The molecular formula is C18H27N3O3. The number of likely N-dealkylation sites (tertiary alicyclic amines) is 1. The molecule has 0 spiro atoms. The van der Waals surface area contributed by atoms with Crippen LogP contribution in [0.4, 0.5) is 0 Å². The van der Waals surface area contributed by atoms with Crippen LogP contribution in [0.15, 0.2) is 24.3 Å². The van der Waals surface area contributed by atoms with E-state index in [0.29, 0.717) is 36.9 Å². The minimum Gasteiger partial charge on any atom is -0.492 e. The van der Waals surface area contributed by atoms with Crippen LogP contribution in [0.2, 0.25) is 0 Å². The summed E-state index contributed by atoms with van der Waals surface area (Å²) in [5.41, 5.74) is 6.79. The van der Waals surface area contributed by atoms with Gasteiger partial charge in [-0.3, -0.25) is 9.59 Å². The molecule has 3 N–H and O–H groups in total. The van der Waals surface area contributed by atoms with Gasteiger partial charge in [0.05, 0.1) is 6.54 Å². The highest BCUT2D eigenvalue weighted by Crippen LogP contribution is 2.22. The van der Waals surface area contributed by atoms with Gasteiger partial charge in [0.15, 0.2) is 0 Å². The molecule has 1 aromatic carbocycles. The largest absolute Gasteiger partial charge is 0.492 e. The number of nitrogens with one attached hydrogen (secondary N) is 1. The predicted molar refractivity (Wildman–Crippen MR) is 92.9 cm³/mol. The van der Waals surface area contributed by atoms with E-state index in [-0.39, 0.29) is 17.9 Å². The number of hydrogen-bond acceptors (Lipinski definition) is 4. The Hall–Kier alpha value is -2.08. The summed E-state index contributed by atoms with van der Waals surface area (Å²) in [5.74, 6) is 1.02. The molecule has 0 bridgehead atoms. The average molecular weight is 333 g/mol. The molecule has 1 fully saturated rings. The van der Waals surface area contributed by atoms with Crippen LogP contribution in [-0.4, -0.2) is 49.0 Å². The molecule has 1 aliphatic heterocycles. The lowest BCUT2D eigenvalue weighted by Gasteiger charge is -2.16. The Morgan fingerprint density at radius 2 is 2.00 bits per heavy atom. The van der Waals surface area contributed by atoms with E-state index in [1.54, 1.807) is 24.3 Å². The van der Waals surface area contributed by atoms with Crippen molar-refractivity contribution in [3.05, 3.63) is 29.8 Å². The fourth-order valence-electron chi connectivity index (χ4n) is 3.01. The first-order chi connectivity index (χ1) is 11.5. The lowest BCUT2D eigenvalue weighted by molar-refractivity contribution is -0.119. The third kappa shape index (κ3) is 4.96. The number of rotatable bonds is 7. The molecule has 2 rings (SSSR count). The lowest BCUT2D eigenvalue weighted by Crippen LogP contribution is -2.32. The van der Waals surface area contributed by atoms with E-state index in [0.717, 1.165) is 19.4 Å². The Kier molecular flexibility index (Phi) is 6.61. The number of hydrogen-bond donors (Lipinski definition) is 2. The van der Waals surface area contributed by atoms with Crippen molar-refractivity contribution in [2.45, 2.75) is 32.7 Å². The summed E-state index contributed by atoms with van der Waals surface area (Å²) >= 11 is 0. The molecule has 1 saturated heterocycles. The normalized spacial score (nSPS) is 20.0. The molecule has 1 aliphatic rings. The molecule has 1 heterocycles. The van der Waals surface area contributed by atoms with E-state index < -0.39 is 0 Å². The zero-order chi connectivity index (χ0) is 17.5.